The Labute approximate surface area is 51.8 Å². The molecular formula is C7H15N. The Morgan fingerprint density at radius 3 is 2.75 bits per heavy atom. The van der Waals surface area contributed by atoms with Gasteiger partial charge in [-0.1, -0.05) is 19.9 Å². The zero-order valence-corrected chi connectivity index (χ0v) is 5.78. The number of hydrogen-bond donors (Lipinski definition) is 1. The maximum absolute atomic E-state index is 3.67. The fourth-order valence-corrected chi connectivity index (χ4v) is 0.455. The summed E-state index contributed by atoms with van der Waals surface area (Å²) in [6, 6.07) is 0. The van der Waals surface area contributed by atoms with E-state index < -0.39 is 0 Å². The van der Waals surface area contributed by atoms with Crippen LogP contribution in [0.5, 0.6) is 0 Å². The number of nitrogens with one attached hydrogen (secondary N) is 1. The zero-order valence-electron chi connectivity index (χ0n) is 5.78. The fraction of sp³-hybridized carbons (Fsp3) is 0.714. The predicted octanol–water partition coefficient (Wildman–Crippen LogP) is 1.42. The van der Waals surface area contributed by atoms with Crippen molar-refractivity contribution >= 4 is 0 Å². The standard InChI is InChI=1S/C7H15N/c1-4-7(3)6-8-5-2/h4,7-8H,1,5-6H2,2-3H3. The van der Waals surface area contributed by atoms with Crippen LogP contribution in [0.15, 0.2) is 12.7 Å². The lowest BCUT2D eigenvalue weighted by Gasteiger charge is -2.03. The smallest absolute Gasteiger partial charge is 0.00113 e. The summed E-state index contributed by atoms with van der Waals surface area (Å²) in [4.78, 5) is 0. The molecule has 0 rings (SSSR count). The molecule has 0 aromatic carbocycles. The van der Waals surface area contributed by atoms with Crippen LogP contribution in [-0.2, 0) is 0 Å². The molecule has 1 nitrogen and oxygen atoms in total. The minimum atomic E-state index is 0.606. The van der Waals surface area contributed by atoms with Crippen molar-refractivity contribution < 1.29 is 0 Å². The minimum Gasteiger partial charge on any atom is -0.316 e. The first kappa shape index (κ1) is 7.70. The molecule has 1 N–H and O–H groups in total. The first-order chi connectivity index (χ1) is 3.81. The van der Waals surface area contributed by atoms with Crippen LogP contribution in [0, 0.1) is 5.92 Å². The molecule has 48 valence electrons. The second-order valence-electron chi connectivity index (χ2n) is 2.02. The van der Waals surface area contributed by atoms with Crippen LogP contribution in [0.25, 0.3) is 0 Å². The van der Waals surface area contributed by atoms with Crippen LogP contribution in [0.3, 0.4) is 0 Å². The lowest BCUT2D eigenvalue weighted by Crippen LogP contribution is -2.18. The van der Waals surface area contributed by atoms with Crippen molar-refractivity contribution in [1.82, 2.24) is 5.32 Å². The van der Waals surface area contributed by atoms with E-state index in [1.807, 2.05) is 6.08 Å². The Morgan fingerprint density at radius 1 is 1.75 bits per heavy atom. The predicted molar refractivity (Wildman–Crippen MR) is 37.9 cm³/mol. The van der Waals surface area contributed by atoms with E-state index in [4.69, 9.17) is 0 Å². The molecule has 1 heteroatoms. The quantitative estimate of drug-likeness (QED) is 0.544. The minimum absolute atomic E-state index is 0.606. The normalized spacial score (nSPS) is 13.2. The molecule has 0 aromatic rings. The summed E-state index contributed by atoms with van der Waals surface area (Å²) in [5, 5.41) is 3.23. The van der Waals surface area contributed by atoms with Crippen LogP contribution in [0.4, 0.5) is 0 Å². The Kier molecular flexibility index (Phi) is 4.67. The van der Waals surface area contributed by atoms with Crippen molar-refractivity contribution in [3.63, 3.8) is 0 Å². The second kappa shape index (κ2) is 4.85. The van der Waals surface area contributed by atoms with E-state index in [0.717, 1.165) is 13.1 Å². The first-order valence-corrected chi connectivity index (χ1v) is 3.14. The van der Waals surface area contributed by atoms with Crippen LogP contribution in [-0.4, -0.2) is 13.1 Å². The highest BCUT2D eigenvalue weighted by Crippen LogP contribution is 1.90. The van der Waals surface area contributed by atoms with Gasteiger partial charge in [0.2, 0.25) is 0 Å². The van der Waals surface area contributed by atoms with E-state index in [2.05, 4.69) is 25.7 Å². The maximum Gasteiger partial charge on any atom is 0.00113 e. The summed E-state index contributed by atoms with van der Waals surface area (Å²) in [7, 11) is 0. The molecular weight excluding hydrogens is 98.1 g/mol. The molecule has 0 bridgehead atoms. The Hall–Kier alpha value is -0.300. The molecule has 0 spiro atoms. The molecule has 0 saturated carbocycles. The lowest BCUT2D eigenvalue weighted by molar-refractivity contribution is 0.612. The van der Waals surface area contributed by atoms with Crippen LogP contribution >= 0.6 is 0 Å². The van der Waals surface area contributed by atoms with Gasteiger partial charge in [-0.05, 0) is 12.5 Å². The largest absolute Gasteiger partial charge is 0.316 e. The highest BCUT2D eigenvalue weighted by molar-refractivity contribution is 4.75. The molecule has 1 unspecified atom stereocenters. The average Bonchev–Trinajstić information content (AvgIpc) is 1.83. The maximum atomic E-state index is 3.67. The summed E-state index contributed by atoms with van der Waals surface area (Å²) in [5.41, 5.74) is 0. The fourth-order valence-electron chi connectivity index (χ4n) is 0.455. The summed E-state index contributed by atoms with van der Waals surface area (Å²) in [5.74, 6) is 0.606. The summed E-state index contributed by atoms with van der Waals surface area (Å²) < 4.78 is 0. The van der Waals surface area contributed by atoms with E-state index in [-0.39, 0.29) is 0 Å². The second-order valence-corrected chi connectivity index (χ2v) is 2.02. The van der Waals surface area contributed by atoms with Crippen molar-refractivity contribution in [1.29, 1.82) is 0 Å². The molecule has 0 aromatic heterocycles. The highest BCUT2D eigenvalue weighted by Gasteiger charge is 1.90. The summed E-state index contributed by atoms with van der Waals surface area (Å²) in [6.07, 6.45) is 1.96. The molecule has 0 aliphatic carbocycles. The van der Waals surface area contributed by atoms with Gasteiger partial charge in [0.25, 0.3) is 0 Å². The van der Waals surface area contributed by atoms with Crippen molar-refractivity contribution in [2.24, 2.45) is 5.92 Å². The van der Waals surface area contributed by atoms with Crippen LogP contribution < -0.4 is 5.32 Å². The average molecular weight is 113 g/mol. The molecule has 0 radical (unpaired) electrons. The highest BCUT2D eigenvalue weighted by atomic mass is 14.8. The molecule has 0 fully saturated rings. The topological polar surface area (TPSA) is 12.0 Å². The molecule has 0 aliphatic heterocycles. The molecule has 8 heavy (non-hydrogen) atoms. The Bertz CT molecular complexity index is 59.4. The third kappa shape index (κ3) is 3.88. The Balaban J connectivity index is 2.98. The van der Waals surface area contributed by atoms with E-state index in [1.54, 1.807) is 0 Å². The number of hydrogen-bond acceptors (Lipinski definition) is 1. The summed E-state index contributed by atoms with van der Waals surface area (Å²) in [6.45, 7) is 10.0. The van der Waals surface area contributed by atoms with Gasteiger partial charge in [-0.3, -0.25) is 0 Å². The zero-order chi connectivity index (χ0) is 6.41. The van der Waals surface area contributed by atoms with Gasteiger partial charge in [-0.2, -0.15) is 0 Å². The van der Waals surface area contributed by atoms with Gasteiger partial charge in [0.05, 0.1) is 0 Å². The monoisotopic (exact) mass is 113 g/mol. The van der Waals surface area contributed by atoms with Crippen molar-refractivity contribution in [2.45, 2.75) is 13.8 Å². The molecule has 1 atom stereocenters. The van der Waals surface area contributed by atoms with Crippen molar-refractivity contribution in [2.75, 3.05) is 13.1 Å². The lowest BCUT2D eigenvalue weighted by atomic mass is 10.2. The van der Waals surface area contributed by atoms with Gasteiger partial charge in [-0.15, -0.1) is 6.58 Å². The molecule has 0 amide bonds. The van der Waals surface area contributed by atoms with Crippen molar-refractivity contribution in [3.05, 3.63) is 12.7 Å². The van der Waals surface area contributed by atoms with Gasteiger partial charge in [-0.25, -0.2) is 0 Å². The van der Waals surface area contributed by atoms with E-state index >= 15 is 0 Å². The molecule has 0 aliphatic rings. The van der Waals surface area contributed by atoms with Gasteiger partial charge in [0.1, 0.15) is 0 Å². The first-order valence-electron chi connectivity index (χ1n) is 3.14. The van der Waals surface area contributed by atoms with Gasteiger partial charge in [0, 0.05) is 6.54 Å². The van der Waals surface area contributed by atoms with Gasteiger partial charge in [0.15, 0.2) is 0 Å². The SMILES string of the molecule is C=CC(C)CNCC. The van der Waals surface area contributed by atoms with Gasteiger partial charge >= 0.3 is 0 Å². The van der Waals surface area contributed by atoms with Crippen molar-refractivity contribution in [3.8, 4) is 0 Å². The van der Waals surface area contributed by atoms with E-state index in [0.29, 0.717) is 5.92 Å². The summed E-state index contributed by atoms with van der Waals surface area (Å²) >= 11 is 0. The Morgan fingerprint density at radius 2 is 2.38 bits per heavy atom. The van der Waals surface area contributed by atoms with Gasteiger partial charge < -0.3 is 5.32 Å². The van der Waals surface area contributed by atoms with Crippen LogP contribution in [0.1, 0.15) is 13.8 Å². The molecule has 0 heterocycles. The third-order valence-electron chi connectivity index (χ3n) is 1.12. The van der Waals surface area contributed by atoms with Crippen LogP contribution in [0.2, 0.25) is 0 Å². The van der Waals surface area contributed by atoms with E-state index in [1.165, 1.54) is 0 Å². The molecule has 0 saturated heterocycles. The number of rotatable bonds is 4. The third-order valence-corrected chi connectivity index (χ3v) is 1.12. The van der Waals surface area contributed by atoms with E-state index in [9.17, 15) is 0 Å².